The summed E-state index contributed by atoms with van der Waals surface area (Å²) in [5.74, 6) is 0. The van der Waals surface area contributed by atoms with E-state index in [9.17, 15) is 0 Å². The van der Waals surface area contributed by atoms with Crippen LogP contribution in [0.25, 0.3) is 49.2 Å². The van der Waals surface area contributed by atoms with E-state index in [2.05, 4.69) is 108 Å². The highest BCUT2D eigenvalue weighted by Gasteiger charge is 2.18. The Bertz CT molecular complexity index is 1500. The van der Waals surface area contributed by atoms with E-state index in [1.165, 1.54) is 54.8 Å². The number of hydrogen-bond acceptors (Lipinski definition) is 0. The molecule has 0 amide bonds. The van der Waals surface area contributed by atoms with E-state index in [1.807, 2.05) is 0 Å². The van der Waals surface area contributed by atoms with E-state index in [-0.39, 0.29) is 0 Å². The Labute approximate surface area is 163 Å². The van der Waals surface area contributed by atoms with E-state index in [4.69, 9.17) is 0 Å². The van der Waals surface area contributed by atoms with E-state index in [0.29, 0.717) is 0 Å². The summed E-state index contributed by atoms with van der Waals surface area (Å²) in [6, 6.07) is 35.1. The highest BCUT2D eigenvalue weighted by molar-refractivity contribution is 6.21. The monoisotopic (exact) mass is 357 g/mol. The average Bonchev–Trinajstić information content (AvgIpc) is 3.10. The van der Waals surface area contributed by atoms with Crippen LogP contribution in [0.3, 0.4) is 0 Å². The van der Waals surface area contributed by atoms with Crippen LogP contribution in [0.1, 0.15) is 5.56 Å². The molecule has 0 unspecified atom stereocenters. The fourth-order valence-electron chi connectivity index (χ4n) is 4.63. The molecule has 6 rings (SSSR count). The third-order valence-electron chi connectivity index (χ3n) is 5.80. The van der Waals surface area contributed by atoms with Gasteiger partial charge < -0.3 is 4.40 Å². The van der Waals surface area contributed by atoms with Gasteiger partial charge in [0.2, 0.25) is 0 Å². The molecule has 0 spiro atoms. The van der Waals surface area contributed by atoms with Gasteiger partial charge >= 0.3 is 0 Å². The van der Waals surface area contributed by atoms with Crippen LogP contribution >= 0.6 is 0 Å². The minimum absolute atomic E-state index is 1.26. The summed E-state index contributed by atoms with van der Waals surface area (Å²) >= 11 is 0. The number of aryl methyl sites for hydroxylation is 1. The lowest BCUT2D eigenvalue weighted by Gasteiger charge is -2.12. The summed E-state index contributed by atoms with van der Waals surface area (Å²) in [5.41, 5.74) is 7.68. The first-order valence-electron chi connectivity index (χ1n) is 9.72. The van der Waals surface area contributed by atoms with Crippen molar-refractivity contribution in [3.8, 4) is 11.1 Å². The standard InChI is InChI=1S/C27H19N/c1-18-15-16-25-23(17-18)20-11-5-6-12-21(20)27-26(19-9-3-2-4-10-19)22-13-7-8-14-24(22)28(25)27/h2-17H,1H3. The molecule has 0 atom stereocenters. The Hall–Kier alpha value is -3.58. The van der Waals surface area contributed by atoms with Crippen molar-refractivity contribution >= 4 is 38.1 Å². The first-order chi connectivity index (χ1) is 13.8. The highest BCUT2D eigenvalue weighted by Crippen LogP contribution is 2.42. The molecule has 2 aromatic heterocycles. The van der Waals surface area contributed by atoms with Crippen LogP contribution in [0.4, 0.5) is 0 Å². The molecule has 0 N–H and O–H groups in total. The normalized spacial score (nSPS) is 11.8. The maximum absolute atomic E-state index is 2.45. The zero-order valence-corrected chi connectivity index (χ0v) is 15.7. The lowest BCUT2D eigenvalue weighted by atomic mass is 9.98. The van der Waals surface area contributed by atoms with Gasteiger partial charge in [-0.05, 0) is 36.1 Å². The molecule has 0 aliphatic carbocycles. The maximum Gasteiger partial charge on any atom is 0.0625 e. The van der Waals surface area contributed by atoms with E-state index in [0.717, 1.165) is 0 Å². The molecule has 132 valence electrons. The molecule has 0 saturated carbocycles. The van der Waals surface area contributed by atoms with Crippen LogP contribution in [-0.2, 0) is 0 Å². The van der Waals surface area contributed by atoms with Crippen molar-refractivity contribution in [1.82, 2.24) is 4.40 Å². The minimum atomic E-state index is 1.26. The van der Waals surface area contributed by atoms with Crippen molar-refractivity contribution in [2.75, 3.05) is 0 Å². The van der Waals surface area contributed by atoms with Gasteiger partial charge in [-0.15, -0.1) is 0 Å². The van der Waals surface area contributed by atoms with Crippen LogP contribution in [0.5, 0.6) is 0 Å². The molecule has 0 saturated heterocycles. The van der Waals surface area contributed by atoms with Crippen LogP contribution < -0.4 is 0 Å². The van der Waals surface area contributed by atoms with Crippen LogP contribution in [0.2, 0.25) is 0 Å². The molecular weight excluding hydrogens is 338 g/mol. The second-order valence-electron chi connectivity index (χ2n) is 7.51. The molecular formula is C27H19N. The van der Waals surface area contributed by atoms with E-state index >= 15 is 0 Å². The third-order valence-corrected chi connectivity index (χ3v) is 5.80. The predicted octanol–water partition coefficient (Wildman–Crippen LogP) is 7.37. The molecule has 28 heavy (non-hydrogen) atoms. The largest absolute Gasteiger partial charge is 0.308 e. The summed E-state index contributed by atoms with van der Waals surface area (Å²) in [7, 11) is 0. The SMILES string of the molecule is Cc1ccc2c(c1)c1ccccc1c1c(-c3ccccc3)c3ccccc3n21. The summed E-state index contributed by atoms with van der Waals surface area (Å²) in [5, 5.41) is 5.22. The highest BCUT2D eigenvalue weighted by atomic mass is 14.9. The van der Waals surface area contributed by atoms with Crippen molar-refractivity contribution < 1.29 is 0 Å². The van der Waals surface area contributed by atoms with Crippen LogP contribution in [-0.4, -0.2) is 4.40 Å². The van der Waals surface area contributed by atoms with Crippen LogP contribution in [0, 0.1) is 6.92 Å². The van der Waals surface area contributed by atoms with E-state index in [1.54, 1.807) is 0 Å². The number of hydrogen-bond donors (Lipinski definition) is 0. The fourth-order valence-corrected chi connectivity index (χ4v) is 4.63. The maximum atomic E-state index is 2.45. The van der Waals surface area contributed by atoms with Gasteiger partial charge in [0, 0.05) is 21.7 Å². The number of nitrogens with zero attached hydrogens (tertiary/aromatic N) is 1. The van der Waals surface area contributed by atoms with Crippen LogP contribution in [0.15, 0.2) is 97.1 Å². The molecule has 0 fully saturated rings. The number of rotatable bonds is 1. The number of para-hydroxylation sites is 1. The number of fused-ring (bicyclic) bond motifs is 8. The van der Waals surface area contributed by atoms with Crippen molar-refractivity contribution in [2.45, 2.75) is 6.92 Å². The zero-order valence-electron chi connectivity index (χ0n) is 15.7. The van der Waals surface area contributed by atoms with Gasteiger partial charge in [-0.2, -0.15) is 0 Å². The first kappa shape index (κ1) is 15.5. The lowest BCUT2D eigenvalue weighted by molar-refractivity contribution is 1.34. The quantitative estimate of drug-likeness (QED) is 0.270. The molecule has 2 heterocycles. The van der Waals surface area contributed by atoms with Gasteiger partial charge in [0.1, 0.15) is 0 Å². The van der Waals surface area contributed by atoms with Crippen molar-refractivity contribution in [2.24, 2.45) is 0 Å². The average molecular weight is 357 g/mol. The third kappa shape index (κ3) is 2.02. The minimum Gasteiger partial charge on any atom is -0.308 e. The molecule has 1 nitrogen and oxygen atoms in total. The molecule has 0 aliphatic rings. The summed E-state index contributed by atoms with van der Waals surface area (Å²) in [6.07, 6.45) is 0. The summed E-state index contributed by atoms with van der Waals surface area (Å²) in [4.78, 5) is 0. The molecule has 4 aromatic carbocycles. The van der Waals surface area contributed by atoms with Gasteiger partial charge in [-0.3, -0.25) is 0 Å². The van der Waals surface area contributed by atoms with E-state index < -0.39 is 0 Å². The molecule has 1 heteroatoms. The zero-order chi connectivity index (χ0) is 18.7. The van der Waals surface area contributed by atoms with Gasteiger partial charge in [0.15, 0.2) is 0 Å². The second kappa shape index (κ2) is 5.71. The van der Waals surface area contributed by atoms with Gasteiger partial charge in [0.25, 0.3) is 0 Å². The predicted molar refractivity (Wildman–Crippen MR) is 120 cm³/mol. The van der Waals surface area contributed by atoms with Gasteiger partial charge in [0.05, 0.1) is 16.6 Å². The second-order valence-corrected chi connectivity index (χ2v) is 7.51. The Morgan fingerprint density at radius 2 is 1.18 bits per heavy atom. The van der Waals surface area contributed by atoms with Gasteiger partial charge in [-0.1, -0.05) is 84.4 Å². The summed E-state index contributed by atoms with van der Waals surface area (Å²) < 4.78 is 2.45. The Morgan fingerprint density at radius 1 is 0.536 bits per heavy atom. The molecule has 0 aliphatic heterocycles. The topological polar surface area (TPSA) is 4.41 Å². The summed E-state index contributed by atoms with van der Waals surface area (Å²) in [6.45, 7) is 2.17. The smallest absolute Gasteiger partial charge is 0.0625 e. The molecule has 0 radical (unpaired) electrons. The fraction of sp³-hybridized carbons (Fsp3) is 0.0370. The number of aromatic nitrogens is 1. The van der Waals surface area contributed by atoms with Crippen molar-refractivity contribution in [3.05, 3.63) is 103 Å². The van der Waals surface area contributed by atoms with Crippen molar-refractivity contribution in [1.29, 1.82) is 0 Å². The van der Waals surface area contributed by atoms with Crippen molar-refractivity contribution in [3.63, 3.8) is 0 Å². The first-order valence-corrected chi connectivity index (χ1v) is 9.72. The lowest BCUT2D eigenvalue weighted by Crippen LogP contribution is -1.92. The Balaban J connectivity index is 2.01. The molecule has 0 bridgehead atoms. The number of benzene rings is 4. The Kier molecular flexibility index (Phi) is 3.15. The van der Waals surface area contributed by atoms with Gasteiger partial charge in [-0.25, -0.2) is 0 Å². The molecule has 6 aromatic rings. The number of pyridine rings is 1. The Morgan fingerprint density at radius 3 is 2.00 bits per heavy atom.